The van der Waals surface area contributed by atoms with Crippen molar-refractivity contribution in [3.8, 4) is 5.75 Å². The zero-order chi connectivity index (χ0) is 14.6. The van der Waals surface area contributed by atoms with Crippen molar-refractivity contribution in [3.63, 3.8) is 0 Å². The monoisotopic (exact) mass is 285 g/mol. The van der Waals surface area contributed by atoms with Crippen molar-refractivity contribution in [2.75, 3.05) is 7.11 Å². The van der Waals surface area contributed by atoms with Gasteiger partial charge in [-0.05, 0) is 49.9 Å². The Bertz CT molecular complexity index is 511. The Balaban J connectivity index is 3.16. The molecule has 19 heavy (non-hydrogen) atoms. The third-order valence-corrected chi connectivity index (χ3v) is 4.76. The summed E-state index contributed by atoms with van der Waals surface area (Å²) in [6, 6.07) is 3.28. The van der Waals surface area contributed by atoms with Gasteiger partial charge in [0, 0.05) is 6.04 Å². The van der Waals surface area contributed by atoms with E-state index in [4.69, 9.17) is 4.74 Å². The minimum Gasteiger partial charge on any atom is -0.496 e. The van der Waals surface area contributed by atoms with Gasteiger partial charge in [0.15, 0.2) is 0 Å². The van der Waals surface area contributed by atoms with E-state index in [0.29, 0.717) is 4.90 Å². The molecule has 0 spiro atoms. The molecule has 0 heterocycles. The predicted octanol–water partition coefficient (Wildman–Crippen LogP) is 2.78. The molecular weight excluding hydrogens is 262 g/mol. The topological polar surface area (TPSA) is 55.4 Å². The molecule has 0 aliphatic rings. The molecule has 1 rings (SSSR count). The van der Waals surface area contributed by atoms with Crippen molar-refractivity contribution in [2.24, 2.45) is 0 Å². The molecule has 0 saturated heterocycles. The van der Waals surface area contributed by atoms with Gasteiger partial charge in [-0.25, -0.2) is 13.1 Å². The molecule has 1 aromatic carbocycles. The summed E-state index contributed by atoms with van der Waals surface area (Å²) >= 11 is 0. The molecule has 4 nitrogen and oxygen atoms in total. The largest absolute Gasteiger partial charge is 0.496 e. The van der Waals surface area contributed by atoms with E-state index in [-0.39, 0.29) is 6.04 Å². The van der Waals surface area contributed by atoms with E-state index in [9.17, 15) is 8.42 Å². The highest BCUT2D eigenvalue weighted by Crippen LogP contribution is 2.26. The van der Waals surface area contributed by atoms with Crippen molar-refractivity contribution in [2.45, 2.75) is 51.5 Å². The first-order valence-electron chi connectivity index (χ1n) is 6.53. The van der Waals surface area contributed by atoms with E-state index in [0.717, 1.165) is 29.7 Å². The Morgan fingerprint density at radius 1 is 1.16 bits per heavy atom. The number of sulfonamides is 1. The molecule has 5 heteroatoms. The number of ether oxygens (including phenoxy) is 1. The van der Waals surface area contributed by atoms with Crippen LogP contribution in [0, 0.1) is 13.8 Å². The number of nitrogens with one attached hydrogen (secondary N) is 1. The van der Waals surface area contributed by atoms with Crippen LogP contribution < -0.4 is 9.46 Å². The number of hydrogen-bond donors (Lipinski definition) is 1. The summed E-state index contributed by atoms with van der Waals surface area (Å²) in [5.74, 6) is 0.737. The van der Waals surface area contributed by atoms with Gasteiger partial charge in [-0.15, -0.1) is 0 Å². The summed E-state index contributed by atoms with van der Waals surface area (Å²) in [6.45, 7) is 7.65. The van der Waals surface area contributed by atoms with Crippen molar-refractivity contribution < 1.29 is 13.2 Å². The fourth-order valence-corrected chi connectivity index (χ4v) is 3.70. The molecule has 0 aliphatic carbocycles. The number of aryl methyl sites for hydroxylation is 2. The Morgan fingerprint density at radius 2 is 1.63 bits per heavy atom. The van der Waals surface area contributed by atoms with Crippen LogP contribution in [0.1, 0.15) is 37.8 Å². The Kier molecular flexibility index (Phi) is 5.38. The molecule has 0 radical (unpaired) electrons. The number of hydrogen-bond acceptors (Lipinski definition) is 3. The number of rotatable bonds is 6. The smallest absolute Gasteiger partial charge is 0.240 e. The highest BCUT2D eigenvalue weighted by molar-refractivity contribution is 7.89. The summed E-state index contributed by atoms with van der Waals surface area (Å²) in [7, 11) is -1.87. The Morgan fingerprint density at radius 3 is 2.00 bits per heavy atom. The van der Waals surface area contributed by atoms with Gasteiger partial charge in [0.05, 0.1) is 12.0 Å². The SMILES string of the molecule is CCC(CC)NS(=O)(=O)c1cc(C)c(OC)c(C)c1. The van der Waals surface area contributed by atoms with Crippen LogP contribution in [-0.4, -0.2) is 21.6 Å². The van der Waals surface area contributed by atoms with Crippen molar-refractivity contribution >= 4 is 10.0 Å². The van der Waals surface area contributed by atoms with Gasteiger partial charge < -0.3 is 4.74 Å². The average molecular weight is 285 g/mol. The first-order valence-corrected chi connectivity index (χ1v) is 8.01. The van der Waals surface area contributed by atoms with Gasteiger partial charge in [0.25, 0.3) is 0 Å². The molecule has 1 N–H and O–H groups in total. The summed E-state index contributed by atoms with van der Waals surface area (Å²) in [4.78, 5) is 0.301. The third kappa shape index (κ3) is 3.70. The van der Waals surface area contributed by atoms with E-state index in [2.05, 4.69) is 4.72 Å². The summed E-state index contributed by atoms with van der Waals surface area (Å²) in [6.07, 6.45) is 1.56. The third-order valence-electron chi connectivity index (χ3n) is 3.26. The van der Waals surface area contributed by atoms with Crippen LogP contribution in [0.5, 0.6) is 5.75 Å². The van der Waals surface area contributed by atoms with Gasteiger partial charge in [-0.2, -0.15) is 0 Å². The zero-order valence-electron chi connectivity index (χ0n) is 12.3. The lowest BCUT2D eigenvalue weighted by molar-refractivity contribution is 0.408. The zero-order valence-corrected chi connectivity index (χ0v) is 13.1. The number of methoxy groups -OCH3 is 1. The Labute approximate surface area is 116 Å². The van der Waals surface area contributed by atoms with E-state index in [1.807, 2.05) is 27.7 Å². The van der Waals surface area contributed by atoms with Gasteiger partial charge in [-0.1, -0.05) is 13.8 Å². The second-order valence-corrected chi connectivity index (χ2v) is 6.44. The molecule has 1 aromatic rings. The maximum atomic E-state index is 12.3. The first kappa shape index (κ1) is 16.0. The quantitative estimate of drug-likeness (QED) is 0.874. The second kappa shape index (κ2) is 6.39. The molecule has 0 bridgehead atoms. The maximum absolute atomic E-state index is 12.3. The van der Waals surface area contributed by atoms with Gasteiger partial charge in [0.1, 0.15) is 5.75 Å². The Hall–Kier alpha value is -1.07. The highest BCUT2D eigenvalue weighted by Gasteiger charge is 2.20. The van der Waals surface area contributed by atoms with Gasteiger partial charge in [-0.3, -0.25) is 0 Å². The minimum absolute atomic E-state index is 0.0206. The molecule has 0 aromatic heterocycles. The summed E-state index contributed by atoms with van der Waals surface area (Å²) in [5, 5.41) is 0. The molecule has 108 valence electrons. The molecular formula is C14H23NO3S. The van der Waals surface area contributed by atoms with Crippen LogP contribution in [0.25, 0.3) is 0 Å². The van der Waals surface area contributed by atoms with E-state index >= 15 is 0 Å². The van der Waals surface area contributed by atoms with Crippen molar-refractivity contribution in [3.05, 3.63) is 23.3 Å². The van der Waals surface area contributed by atoms with Crippen molar-refractivity contribution in [1.82, 2.24) is 4.72 Å². The molecule has 0 unspecified atom stereocenters. The molecule has 0 fully saturated rings. The average Bonchev–Trinajstić information content (AvgIpc) is 2.35. The lowest BCUT2D eigenvalue weighted by Gasteiger charge is -2.17. The fraction of sp³-hybridized carbons (Fsp3) is 0.571. The first-order chi connectivity index (χ1) is 8.85. The maximum Gasteiger partial charge on any atom is 0.240 e. The number of benzene rings is 1. The van der Waals surface area contributed by atoms with E-state index in [1.165, 1.54) is 0 Å². The lowest BCUT2D eigenvalue weighted by atomic mass is 10.1. The van der Waals surface area contributed by atoms with Crippen LogP contribution in [0.15, 0.2) is 17.0 Å². The molecule has 0 saturated carbocycles. The van der Waals surface area contributed by atoms with Crippen LogP contribution in [0.4, 0.5) is 0 Å². The van der Waals surface area contributed by atoms with Crippen LogP contribution in [0.3, 0.4) is 0 Å². The van der Waals surface area contributed by atoms with Gasteiger partial charge in [0.2, 0.25) is 10.0 Å². The molecule has 0 aliphatic heterocycles. The predicted molar refractivity (Wildman–Crippen MR) is 77.2 cm³/mol. The fourth-order valence-electron chi connectivity index (χ4n) is 2.13. The van der Waals surface area contributed by atoms with Crippen LogP contribution >= 0.6 is 0 Å². The van der Waals surface area contributed by atoms with E-state index in [1.54, 1.807) is 19.2 Å². The van der Waals surface area contributed by atoms with Crippen molar-refractivity contribution in [1.29, 1.82) is 0 Å². The highest BCUT2D eigenvalue weighted by atomic mass is 32.2. The molecule has 0 atom stereocenters. The lowest BCUT2D eigenvalue weighted by Crippen LogP contribution is -2.33. The minimum atomic E-state index is -3.46. The van der Waals surface area contributed by atoms with Gasteiger partial charge >= 0.3 is 0 Å². The molecule has 0 amide bonds. The van der Waals surface area contributed by atoms with Crippen LogP contribution in [0.2, 0.25) is 0 Å². The normalized spacial score (nSPS) is 11.9. The van der Waals surface area contributed by atoms with E-state index < -0.39 is 10.0 Å². The summed E-state index contributed by atoms with van der Waals surface area (Å²) < 4.78 is 32.6. The summed E-state index contributed by atoms with van der Waals surface area (Å²) in [5.41, 5.74) is 1.65. The van der Waals surface area contributed by atoms with Crippen LogP contribution in [-0.2, 0) is 10.0 Å². The second-order valence-electron chi connectivity index (χ2n) is 4.73. The standard InChI is InChI=1S/C14H23NO3S/c1-6-12(7-2)15-19(16,17)13-8-10(3)14(18-5)11(4)9-13/h8-9,12,15H,6-7H2,1-5H3.